The number of aromatic nitrogens is 1. The van der Waals surface area contributed by atoms with Gasteiger partial charge in [-0.15, -0.1) is 0 Å². The van der Waals surface area contributed by atoms with Gasteiger partial charge in [0.1, 0.15) is 0 Å². The van der Waals surface area contributed by atoms with E-state index in [2.05, 4.69) is 4.98 Å². The maximum atomic E-state index is 13.1. The molecule has 2 aliphatic heterocycles. The summed E-state index contributed by atoms with van der Waals surface area (Å²) in [6.07, 6.45) is 15.0. The summed E-state index contributed by atoms with van der Waals surface area (Å²) in [5, 5.41) is 0. The highest BCUT2D eigenvalue weighted by Gasteiger charge is 2.19. The Morgan fingerprint density at radius 3 is 2.47 bits per heavy atom. The molecule has 0 spiro atoms. The number of hydrogen-bond acceptors (Lipinski definition) is 4. The van der Waals surface area contributed by atoms with Crippen molar-refractivity contribution in [2.75, 3.05) is 14.2 Å². The van der Waals surface area contributed by atoms with E-state index in [-0.39, 0.29) is 5.91 Å². The second kappa shape index (κ2) is 8.25. The summed E-state index contributed by atoms with van der Waals surface area (Å²) in [5.41, 5.74) is 5.38. The molecule has 1 aromatic carbocycles. The van der Waals surface area contributed by atoms with E-state index in [4.69, 9.17) is 9.47 Å². The normalized spacial score (nSPS) is 17.2. The van der Waals surface area contributed by atoms with Crippen molar-refractivity contribution in [1.82, 2.24) is 9.88 Å². The van der Waals surface area contributed by atoms with E-state index in [1.165, 1.54) is 0 Å². The fraction of sp³-hybridized carbons (Fsp3) is 0.120. The summed E-state index contributed by atoms with van der Waals surface area (Å²) in [7, 11) is 3.19. The molecule has 0 saturated heterocycles. The van der Waals surface area contributed by atoms with Gasteiger partial charge in [-0.05, 0) is 65.6 Å². The first-order chi connectivity index (χ1) is 14.6. The lowest BCUT2D eigenvalue weighted by Gasteiger charge is -2.24. The molecule has 30 heavy (non-hydrogen) atoms. The molecule has 0 bridgehead atoms. The molecule has 4 rings (SSSR count). The topological polar surface area (TPSA) is 51.7 Å². The number of carbonyl (C=O) groups excluding carboxylic acids is 1. The molecular formula is C25H22N2O3. The minimum atomic E-state index is -0.122. The minimum absolute atomic E-state index is 0.122. The number of ether oxygens (including phenoxy) is 2. The first kappa shape index (κ1) is 19.5. The summed E-state index contributed by atoms with van der Waals surface area (Å²) in [6.45, 7) is 1.95. The van der Waals surface area contributed by atoms with Crippen LogP contribution >= 0.6 is 0 Å². The Kier molecular flexibility index (Phi) is 5.35. The third-order valence-corrected chi connectivity index (χ3v) is 4.99. The number of benzene rings is 1. The van der Waals surface area contributed by atoms with Gasteiger partial charge in [0.15, 0.2) is 11.5 Å². The number of aryl methyl sites for hydroxylation is 1. The number of pyridine rings is 1. The second-order valence-electron chi connectivity index (χ2n) is 6.93. The number of rotatable bonds is 4. The Bertz CT molecular complexity index is 1150. The number of hydrogen-bond donors (Lipinski definition) is 0. The van der Waals surface area contributed by atoms with Crippen molar-refractivity contribution >= 4 is 17.1 Å². The van der Waals surface area contributed by atoms with Crippen molar-refractivity contribution in [3.63, 3.8) is 0 Å². The zero-order chi connectivity index (χ0) is 21.1. The van der Waals surface area contributed by atoms with Crippen LogP contribution in [0.3, 0.4) is 0 Å². The molecule has 0 unspecified atom stereocenters. The highest BCUT2D eigenvalue weighted by atomic mass is 16.5. The third-order valence-electron chi connectivity index (χ3n) is 4.99. The Balaban J connectivity index is 1.71. The van der Waals surface area contributed by atoms with Crippen LogP contribution < -0.4 is 9.47 Å². The average molecular weight is 398 g/mol. The summed E-state index contributed by atoms with van der Waals surface area (Å²) in [4.78, 5) is 19.0. The maximum absolute atomic E-state index is 13.1. The van der Waals surface area contributed by atoms with Gasteiger partial charge in [-0.3, -0.25) is 14.7 Å². The van der Waals surface area contributed by atoms with Gasteiger partial charge in [-0.2, -0.15) is 0 Å². The SMILES string of the molecule is COc1ccc(C2=CC(=O)N3C=C(c4ccnc(C)c4)C=C/C3=C\C=C2)cc1OC. The van der Waals surface area contributed by atoms with Gasteiger partial charge in [0.05, 0.1) is 14.2 Å². The van der Waals surface area contributed by atoms with Crippen LogP contribution in [0.4, 0.5) is 0 Å². The average Bonchev–Trinajstić information content (AvgIpc) is 2.76. The van der Waals surface area contributed by atoms with E-state index in [1.807, 2.05) is 73.8 Å². The summed E-state index contributed by atoms with van der Waals surface area (Å²) < 4.78 is 10.7. The highest BCUT2D eigenvalue weighted by molar-refractivity contribution is 6.01. The van der Waals surface area contributed by atoms with Crippen molar-refractivity contribution in [2.24, 2.45) is 0 Å². The number of amides is 1. The molecule has 0 N–H and O–H groups in total. The summed E-state index contributed by atoms with van der Waals surface area (Å²) in [6, 6.07) is 9.56. The Labute approximate surface area is 176 Å². The molecule has 3 heterocycles. The molecule has 5 heteroatoms. The lowest BCUT2D eigenvalue weighted by molar-refractivity contribution is -0.121. The van der Waals surface area contributed by atoms with Gasteiger partial charge < -0.3 is 9.47 Å². The molecule has 1 amide bonds. The molecule has 150 valence electrons. The molecule has 0 radical (unpaired) electrons. The van der Waals surface area contributed by atoms with E-state index >= 15 is 0 Å². The molecule has 0 atom stereocenters. The maximum Gasteiger partial charge on any atom is 0.255 e. The van der Waals surface area contributed by atoms with Crippen molar-refractivity contribution in [2.45, 2.75) is 6.92 Å². The van der Waals surface area contributed by atoms with E-state index in [9.17, 15) is 4.79 Å². The van der Waals surface area contributed by atoms with Crippen LogP contribution in [0.15, 0.2) is 84.9 Å². The zero-order valence-electron chi connectivity index (χ0n) is 17.1. The Morgan fingerprint density at radius 2 is 1.70 bits per heavy atom. The molecule has 0 saturated carbocycles. The smallest absolute Gasteiger partial charge is 0.255 e. The van der Waals surface area contributed by atoms with Crippen molar-refractivity contribution in [3.05, 3.63) is 102 Å². The van der Waals surface area contributed by atoms with Gasteiger partial charge in [-0.1, -0.05) is 24.3 Å². The summed E-state index contributed by atoms with van der Waals surface area (Å²) >= 11 is 0. The van der Waals surface area contributed by atoms with Gasteiger partial charge in [0, 0.05) is 29.9 Å². The predicted molar refractivity (Wildman–Crippen MR) is 118 cm³/mol. The standard InChI is InChI=1S/C25H22N2O3/c1-17-13-20(11-12-26-17)21-7-9-22-6-4-5-18(15-25(28)27(22)16-21)19-8-10-23(29-2)24(14-19)30-3/h4-16H,1-3H3/b5-4?,18-15?,22-6+. The number of allylic oxidation sites excluding steroid dienone is 7. The Morgan fingerprint density at radius 1 is 0.900 bits per heavy atom. The summed E-state index contributed by atoms with van der Waals surface area (Å²) in [5.74, 6) is 1.14. The molecular weight excluding hydrogens is 376 g/mol. The minimum Gasteiger partial charge on any atom is -0.493 e. The quantitative estimate of drug-likeness (QED) is 0.750. The molecule has 2 aliphatic rings. The van der Waals surface area contributed by atoms with Gasteiger partial charge in [0.25, 0.3) is 5.91 Å². The van der Waals surface area contributed by atoms with Crippen LogP contribution in [0.5, 0.6) is 11.5 Å². The van der Waals surface area contributed by atoms with Gasteiger partial charge >= 0.3 is 0 Å². The number of methoxy groups -OCH3 is 2. The number of fused-ring (bicyclic) bond motifs is 1. The van der Waals surface area contributed by atoms with Crippen molar-refractivity contribution in [3.8, 4) is 11.5 Å². The first-order valence-corrected chi connectivity index (χ1v) is 9.57. The molecule has 2 aromatic rings. The number of carbonyl (C=O) groups is 1. The lowest BCUT2D eigenvalue weighted by atomic mass is 10.0. The van der Waals surface area contributed by atoms with Crippen LogP contribution in [0.25, 0.3) is 11.1 Å². The van der Waals surface area contributed by atoms with Crippen LogP contribution in [0.1, 0.15) is 16.8 Å². The van der Waals surface area contributed by atoms with Crippen LogP contribution in [-0.4, -0.2) is 30.0 Å². The zero-order valence-corrected chi connectivity index (χ0v) is 17.1. The van der Waals surface area contributed by atoms with Crippen LogP contribution in [0.2, 0.25) is 0 Å². The fourth-order valence-corrected chi connectivity index (χ4v) is 3.43. The molecule has 0 aliphatic carbocycles. The fourth-order valence-electron chi connectivity index (χ4n) is 3.43. The van der Waals surface area contributed by atoms with E-state index in [0.29, 0.717) is 11.5 Å². The second-order valence-corrected chi connectivity index (χ2v) is 6.93. The van der Waals surface area contributed by atoms with E-state index in [0.717, 1.165) is 33.7 Å². The highest BCUT2D eigenvalue weighted by Crippen LogP contribution is 2.32. The third kappa shape index (κ3) is 3.82. The Hall–Kier alpha value is -3.86. The molecule has 5 nitrogen and oxygen atoms in total. The largest absolute Gasteiger partial charge is 0.493 e. The molecule has 1 aromatic heterocycles. The van der Waals surface area contributed by atoms with Gasteiger partial charge in [0.2, 0.25) is 0 Å². The lowest BCUT2D eigenvalue weighted by Crippen LogP contribution is -2.25. The van der Waals surface area contributed by atoms with Gasteiger partial charge in [-0.25, -0.2) is 0 Å². The first-order valence-electron chi connectivity index (χ1n) is 9.57. The van der Waals surface area contributed by atoms with E-state index < -0.39 is 0 Å². The van der Waals surface area contributed by atoms with Crippen LogP contribution in [-0.2, 0) is 4.79 Å². The predicted octanol–water partition coefficient (Wildman–Crippen LogP) is 4.68. The monoisotopic (exact) mass is 398 g/mol. The van der Waals surface area contributed by atoms with Crippen LogP contribution in [0, 0.1) is 6.92 Å². The van der Waals surface area contributed by atoms with E-state index in [1.54, 1.807) is 31.4 Å². The van der Waals surface area contributed by atoms with Crippen molar-refractivity contribution in [1.29, 1.82) is 0 Å². The number of nitrogens with zero attached hydrogens (tertiary/aromatic N) is 2. The van der Waals surface area contributed by atoms with Crippen molar-refractivity contribution < 1.29 is 14.3 Å². The molecule has 0 fully saturated rings.